The normalized spacial score (nSPS) is 20.7. The van der Waals surface area contributed by atoms with Crippen LogP contribution in [0, 0.1) is 6.92 Å². The number of para-hydroxylation sites is 1. The molecule has 2 aromatic rings. The Labute approximate surface area is 114 Å². The molecule has 1 aliphatic rings. The lowest BCUT2D eigenvalue weighted by atomic mass is 10.1. The van der Waals surface area contributed by atoms with E-state index in [1.807, 2.05) is 6.07 Å². The lowest BCUT2D eigenvalue weighted by Gasteiger charge is -2.23. The van der Waals surface area contributed by atoms with E-state index in [0.717, 1.165) is 24.4 Å². The highest BCUT2D eigenvalue weighted by Crippen LogP contribution is 2.26. The summed E-state index contributed by atoms with van der Waals surface area (Å²) in [5.74, 6) is 1.11. The van der Waals surface area contributed by atoms with E-state index in [1.54, 1.807) is 0 Å². The maximum atomic E-state index is 6.00. The number of nitrogens with zero attached hydrogens (tertiary/aromatic N) is 2. The van der Waals surface area contributed by atoms with Crippen LogP contribution in [0.2, 0.25) is 0 Å². The first-order chi connectivity index (χ1) is 9.15. The van der Waals surface area contributed by atoms with Crippen molar-refractivity contribution in [3.8, 4) is 0 Å². The van der Waals surface area contributed by atoms with Gasteiger partial charge in [0.05, 0.1) is 6.54 Å². The lowest BCUT2D eigenvalue weighted by Crippen LogP contribution is -2.33. The molecule has 3 rings (SSSR count). The Kier molecular flexibility index (Phi) is 3.33. The summed E-state index contributed by atoms with van der Waals surface area (Å²) >= 11 is 0. The Balaban J connectivity index is 1.79. The van der Waals surface area contributed by atoms with Gasteiger partial charge in [0.1, 0.15) is 11.3 Å². The summed E-state index contributed by atoms with van der Waals surface area (Å²) in [4.78, 5) is 4.82. The number of hydrogen-bond acceptors (Lipinski definition) is 3. The second kappa shape index (κ2) is 4.99. The molecule has 1 saturated heterocycles. The second-order valence-electron chi connectivity index (χ2n) is 5.77. The van der Waals surface area contributed by atoms with Crippen molar-refractivity contribution in [3.05, 3.63) is 35.6 Å². The predicted octanol–water partition coefficient (Wildman–Crippen LogP) is 2.88. The van der Waals surface area contributed by atoms with Crippen LogP contribution in [0.1, 0.15) is 17.7 Å². The van der Waals surface area contributed by atoms with Crippen LogP contribution in [-0.4, -0.2) is 43.0 Å². The van der Waals surface area contributed by atoms with Gasteiger partial charge >= 0.3 is 0 Å². The molecule has 102 valence electrons. The van der Waals surface area contributed by atoms with Crippen molar-refractivity contribution >= 4 is 11.0 Å². The zero-order valence-electron chi connectivity index (χ0n) is 12.0. The summed E-state index contributed by atoms with van der Waals surface area (Å²) in [5.41, 5.74) is 2.29. The Hall–Kier alpha value is -1.32. The highest BCUT2D eigenvalue weighted by Gasteiger charge is 2.24. The molecule has 0 bridgehead atoms. The van der Waals surface area contributed by atoms with Gasteiger partial charge in [0.15, 0.2) is 0 Å². The van der Waals surface area contributed by atoms with E-state index in [4.69, 9.17) is 4.42 Å². The lowest BCUT2D eigenvalue weighted by molar-refractivity contribution is 0.218. The van der Waals surface area contributed by atoms with Crippen LogP contribution in [-0.2, 0) is 6.54 Å². The Bertz CT molecular complexity index is 575. The Morgan fingerprint density at radius 2 is 2.16 bits per heavy atom. The Morgan fingerprint density at radius 1 is 1.37 bits per heavy atom. The molecular weight excluding hydrogens is 236 g/mol. The quantitative estimate of drug-likeness (QED) is 0.844. The third kappa shape index (κ3) is 2.40. The molecule has 1 atom stereocenters. The minimum Gasteiger partial charge on any atom is -0.459 e. The molecule has 3 nitrogen and oxygen atoms in total. The number of benzene rings is 1. The van der Waals surface area contributed by atoms with Crippen molar-refractivity contribution in [3.63, 3.8) is 0 Å². The SMILES string of the molecule is Cc1c(CN(C)[C@H]2CCN(C)C2)oc2ccccc12. The van der Waals surface area contributed by atoms with E-state index in [0.29, 0.717) is 6.04 Å². The average Bonchev–Trinajstić information content (AvgIpc) is 2.96. The molecule has 0 radical (unpaired) electrons. The maximum absolute atomic E-state index is 6.00. The number of hydrogen-bond donors (Lipinski definition) is 0. The molecule has 1 aromatic heterocycles. The minimum absolute atomic E-state index is 0.651. The molecule has 1 aliphatic heterocycles. The van der Waals surface area contributed by atoms with Crippen molar-refractivity contribution < 1.29 is 4.42 Å². The van der Waals surface area contributed by atoms with Gasteiger partial charge < -0.3 is 9.32 Å². The van der Waals surface area contributed by atoms with Gasteiger partial charge in [-0.25, -0.2) is 0 Å². The van der Waals surface area contributed by atoms with Gasteiger partial charge in [0, 0.05) is 18.0 Å². The van der Waals surface area contributed by atoms with Gasteiger partial charge in [-0.1, -0.05) is 18.2 Å². The third-order valence-electron chi connectivity index (χ3n) is 4.33. The van der Waals surface area contributed by atoms with Gasteiger partial charge in [-0.15, -0.1) is 0 Å². The third-order valence-corrected chi connectivity index (χ3v) is 4.33. The number of fused-ring (bicyclic) bond motifs is 1. The predicted molar refractivity (Wildman–Crippen MR) is 78.3 cm³/mol. The molecule has 0 spiro atoms. The number of likely N-dealkylation sites (N-methyl/N-ethyl adjacent to an activating group) is 2. The average molecular weight is 258 g/mol. The molecule has 3 heteroatoms. The van der Waals surface area contributed by atoms with Crippen molar-refractivity contribution in [2.45, 2.75) is 25.9 Å². The summed E-state index contributed by atoms with van der Waals surface area (Å²) in [6, 6.07) is 8.95. The van der Waals surface area contributed by atoms with Crippen LogP contribution >= 0.6 is 0 Å². The van der Waals surface area contributed by atoms with Gasteiger partial charge in [0.25, 0.3) is 0 Å². The molecule has 2 heterocycles. The second-order valence-corrected chi connectivity index (χ2v) is 5.77. The molecule has 1 aromatic carbocycles. The number of rotatable bonds is 3. The first-order valence-corrected chi connectivity index (χ1v) is 7.01. The van der Waals surface area contributed by atoms with Crippen LogP contribution in [0.5, 0.6) is 0 Å². The fourth-order valence-corrected chi connectivity index (χ4v) is 3.00. The van der Waals surface area contributed by atoms with E-state index in [2.05, 4.69) is 49.0 Å². The van der Waals surface area contributed by atoms with Gasteiger partial charge in [-0.2, -0.15) is 0 Å². The first kappa shape index (κ1) is 12.7. The number of furan rings is 1. The van der Waals surface area contributed by atoms with E-state index in [-0.39, 0.29) is 0 Å². The van der Waals surface area contributed by atoms with Gasteiger partial charge in [-0.3, -0.25) is 4.90 Å². The van der Waals surface area contributed by atoms with Crippen LogP contribution < -0.4 is 0 Å². The molecule has 0 aliphatic carbocycles. The number of aryl methyl sites for hydroxylation is 1. The smallest absolute Gasteiger partial charge is 0.134 e. The summed E-state index contributed by atoms with van der Waals surface area (Å²) in [6.07, 6.45) is 1.26. The zero-order chi connectivity index (χ0) is 13.4. The van der Waals surface area contributed by atoms with Gasteiger partial charge in [-0.05, 0) is 45.6 Å². The standard InChI is InChI=1S/C16H22N2O/c1-12-14-6-4-5-7-15(14)19-16(12)11-18(3)13-8-9-17(2)10-13/h4-7,13H,8-11H2,1-3H3/t13-/m0/s1. The fourth-order valence-electron chi connectivity index (χ4n) is 3.00. The number of likely N-dealkylation sites (tertiary alicyclic amines) is 1. The van der Waals surface area contributed by atoms with Crippen LogP contribution in [0.3, 0.4) is 0 Å². The molecule has 1 fully saturated rings. The van der Waals surface area contributed by atoms with Crippen molar-refractivity contribution in [1.82, 2.24) is 9.80 Å². The maximum Gasteiger partial charge on any atom is 0.134 e. The molecule has 19 heavy (non-hydrogen) atoms. The van der Waals surface area contributed by atoms with Gasteiger partial charge in [0.2, 0.25) is 0 Å². The Morgan fingerprint density at radius 3 is 2.84 bits per heavy atom. The van der Waals surface area contributed by atoms with Crippen LogP contribution in [0.15, 0.2) is 28.7 Å². The molecule has 0 N–H and O–H groups in total. The van der Waals surface area contributed by atoms with Crippen LogP contribution in [0.25, 0.3) is 11.0 Å². The van der Waals surface area contributed by atoms with E-state index in [1.165, 1.54) is 23.9 Å². The van der Waals surface area contributed by atoms with Crippen molar-refractivity contribution in [2.24, 2.45) is 0 Å². The molecular formula is C16H22N2O. The summed E-state index contributed by atoms with van der Waals surface area (Å²) in [6.45, 7) is 5.43. The van der Waals surface area contributed by atoms with E-state index >= 15 is 0 Å². The highest BCUT2D eigenvalue weighted by atomic mass is 16.3. The topological polar surface area (TPSA) is 19.6 Å². The fraction of sp³-hybridized carbons (Fsp3) is 0.500. The van der Waals surface area contributed by atoms with Crippen LogP contribution in [0.4, 0.5) is 0 Å². The van der Waals surface area contributed by atoms with Crippen molar-refractivity contribution in [1.29, 1.82) is 0 Å². The van der Waals surface area contributed by atoms with E-state index in [9.17, 15) is 0 Å². The summed E-state index contributed by atoms with van der Waals surface area (Å²) in [5, 5.41) is 1.24. The minimum atomic E-state index is 0.651. The molecule has 0 saturated carbocycles. The summed E-state index contributed by atoms with van der Waals surface area (Å²) in [7, 11) is 4.40. The highest BCUT2D eigenvalue weighted by molar-refractivity contribution is 5.81. The molecule has 0 amide bonds. The molecule has 0 unspecified atom stereocenters. The van der Waals surface area contributed by atoms with E-state index < -0.39 is 0 Å². The largest absolute Gasteiger partial charge is 0.459 e. The summed E-state index contributed by atoms with van der Waals surface area (Å²) < 4.78 is 6.00. The zero-order valence-corrected chi connectivity index (χ0v) is 12.0. The van der Waals surface area contributed by atoms with Crippen molar-refractivity contribution in [2.75, 3.05) is 27.2 Å². The first-order valence-electron chi connectivity index (χ1n) is 7.01. The monoisotopic (exact) mass is 258 g/mol.